The molecule has 1 saturated heterocycles. The lowest BCUT2D eigenvalue weighted by Crippen LogP contribution is -2.38. The zero-order valence-corrected chi connectivity index (χ0v) is 13.2. The average molecular weight is 314 g/mol. The fourth-order valence-electron chi connectivity index (χ4n) is 2.72. The molecule has 1 heterocycles. The minimum absolute atomic E-state index is 0.121. The third kappa shape index (κ3) is 4.41. The first-order valence-corrected chi connectivity index (χ1v) is 9.13. The van der Waals surface area contributed by atoms with Gasteiger partial charge in [0.2, 0.25) is 10.0 Å². The van der Waals surface area contributed by atoms with E-state index in [1.807, 2.05) is 0 Å². The van der Waals surface area contributed by atoms with Gasteiger partial charge in [-0.25, -0.2) is 12.8 Å². The second-order valence-electron chi connectivity index (χ2n) is 5.39. The van der Waals surface area contributed by atoms with Crippen molar-refractivity contribution in [3.8, 4) is 0 Å². The molecule has 1 aliphatic rings. The summed E-state index contributed by atoms with van der Waals surface area (Å²) < 4.78 is 39.3. The van der Waals surface area contributed by atoms with Crippen molar-refractivity contribution in [3.05, 3.63) is 30.1 Å². The van der Waals surface area contributed by atoms with E-state index in [2.05, 4.69) is 5.32 Å². The molecule has 0 saturated carbocycles. The second kappa shape index (κ2) is 7.22. The summed E-state index contributed by atoms with van der Waals surface area (Å²) in [4.78, 5) is 0. The Hall–Kier alpha value is -1.14. The predicted octanol–water partition coefficient (Wildman–Crippen LogP) is 2.51. The van der Waals surface area contributed by atoms with E-state index in [-0.39, 0.29) is 11.6 Å². The van der Waals surface area contributed by atoms with E-state index in [1.165, 1.54) is 35.0 Å². The fraction of sp³-hybridized carbons (Fsp3) is 0.600. The molecular formula is C15H23FN2O2S. The Kier molecular flexibility index (Phi) is 5.58. The molecule has 1 aromatic rings. The van der Waals surface area contributed by atoms with Crippen LogP contribution in [0, 0.1) is 5.82 Å². The molecule has 1 aliphatic heterocycles. The Morgan fingerprint density at radius 3 is 2.57 bits per heavy atom. The van der Waals surface area contributed by atoms with Gasteiger partial charge in [-0.2, -0.15) is 0 Å². The van der Waals surface area contributed by atoms with Gasteiger partial charge < -0.3 is 5.32 Å². The first-order valence-electron chi connectivity index (χ1n) is 7.52. The molecule has 1 atom stereocenters. The normalized spacial score (nSPS) is 19.4. The number of benzene rings is 1. The van der Waals surface area contributed by atoms with Gasteiger partial charge in [-0.3, -0.25) is 4.31 Å². The molecule has 118 valence electrons. The second-order valence-corrected chi connectivity index (χ2v) is 7.41. The van der Waals surface area contributed by atoms with Crippen molar-refractivity contribution in [2.75, 3.05) is 23.1 Å². The number of piperidine rings is 1. The molecule has 0 amide bonds. The Balaban J connectivity index is 2.03. The quantitative estimate of drug-likeness (QED) is 0.878. The van der Waals surface area contributed by atoms with Crippen LogP contribution in [-0.4, -0.2) is 33.3 Å². The van der Waals surface area contributed by atoms with Crippen molar-refractivity contribution in [1.29, 1.82) is 0 Å². The molecule has 1 fully saturated rings. The molecule has 0 aliphatic carbocycles. The maximum absolute atomic E-state index is 13.0. The summed E-state index contributed by atoms with van der Waals surface area (Å²) in [6.45, 7) is 3.12. The largest absolute Gasteiger partial charge is 0.314 e. The summed E-state index contributed by atoms with van der Waals surface area (Å²) in [6, 6.07) is 5.89. The van der Waals surface area contributed by atoms with Crippen LogP contribution >= 0.6 is 0 Å². The summed E-state index contributed by atoms with van der Waals surface area (Å²) in [7, 11) is -3.37. The summed E-state index contributed by atoms with van der Waals surface area (Å²) in [5.74, 6) is -0.241. The Labute approximate surface area is 126 Å². The van der Waals surface area contributed by atoms with Crippen LogP contribution < -0.4 is 9.62 Å². The third-order valence-electron chi connectivity index (χ3n) is 3.87. The number of hydrogen-bond acceptors (Lipinski definition) is 3. The molecule has 0 radical (unpaired) electrons. The van der Waals surface area contributed by atoms with E-state index < -0.39 is 10.0 Å². The van der Waals surface area contributed by atoms with E-state index in [1.54, 1.807) is 6.92 Å². The van der Waals surface area contributed by atoms with Crippen LogP contribution in [0.3, 0.4) is 0 Å². The van der Waals surface area contributed by atoms with Gasteiger partial charge in [-0.15, -0.1) is 0 Å². The standard InChI is InChI=1S/C15H23FN2O2S/c1-2-18(15-8-6-13(16)7-9-15)21(19,20)12-10-14-5-3-4-11-17-14/h6-9,14,17H,2-5,10-12H2,1H3. The monoisotopic (exact) mass is 314 g/mol. The highest BCUT2D eigenvalue weighted by Gasteiger charge is 2.23. The lowest BCUT2D eigenvalue weighted by Gasteiger charge is -2.26. The first kappa shape index (κ1) is 16.2. The highest BCUT2D eigenvalue weighted by molar-refractivity contribution is 7.92. The molecule has 6 heteroatoms. The van der Waals surface area contributed by atoms with Crippen LogP contribution in [-0.2, 0) is 10.0 Å². The SMILES string of the molecule is CCN(c1ccc(F)cc1)S(=O)(=O)CCC1CCCCN1. The number of halogens is 1. The van der Waals surface area contributed by atoms with Crippen LogP contribution in [0.5, 0.6) is 0 Å². The summed E-state index contributed by atoms with van der Waals surface area (Å²) >= 11 is 0. The molecule has 0 bridgehead atoms. The van der Waals surface area contributed by atoms with Crippen molar-refractivity contribution in [1.82, 2.24) is 5.32 Å². The minimum atomic E-state index is -3.37. The number of sulfonamides is 1. The molecular weight excluding hydrogens is 291 g/mol. The third-order valence-corrected chi connectivity index (χ3v) is 5.77. The fourth-order valence-corrected chi connectivity index (χ4v) is 4.36. The summed E-state index contributed by atoms with van der Waals surface area (Å²) in [6.07, 6.45) is 3.99. The van der Waals surface area contributed by atoms with Gasteiger partial charge in [0.25, 0.3) is 0 Å². The summed E-state index contributed by atoms with van der Waals surface area (Å²) in [5, 5.41) is 3.36. The van der Waals surface area contributed by atoms with Crippen LogP contribution in [0.4, 0.5) is 10.1 Å². The van der Waals surface area contributed by atoms with Crippen molar-refractivity contribution in [2.24, 2.45) is 0 Å². The average Bonchev–Trinajstić information content (AvgIpc) is 2.49. The number of hydrogen-bond donors (Lipinski definition) is 1. The van der Waals surface area contributed by atoms with Gasteiger partial charge in [0.1, 0.15) is 5.82 Å². The highest BCUT2D eigenvalue weighted by atomic mass is 32.2. The lowest BCUT2D eigenvalue weighted by molar-refractivity contribution is 0.392. The molecule has 1 aromatic carbocycles. The number of nitrogens with zero attached hydrogens (tertiary/aromatic N) is 1. The first-order chi connectivity index (χ1) is 10.0. The van der Waals surface area contributed by atoms with Crippen LogP contribution in [0.25, 0.3) is 0 Å². The molecule has 4 nitrogen and oxygen atoms in total. The van der Waals surface area contributed by atoms with Crippen LogP contribution in [0.2, 0.25) is 0 Å². The van der Waals surface area contributed by atoms with E-state index in [0.717, 1.165) is 19.4 Å². The number of anilines is 1. The van der Waals surface area contributed by atoms with E-state index in [4.69, 9.17) is 0 Å². The van der Waals surface area contributed by atoms with Crippen LogP contribution in [0.15, 0.2) is 24.3 Å². The smallest absolute Gasteiger partial charge is 0.235 e. The van der Waals surface area contributed by atoms with Crippen LogP contribution in [0.1, 0.15) is 32.6 Å². The van der Waals surface area contributed by atoms with Gasteiger partial charge in [-0.1, -0.05) is 6.42 Å². The maximum Gasteiger partial charge on any atom is 0.235 e. The van der Waals surface area contributed by atoms with E-state index >= 15 is 0 Å². The van der Waals surface area contributed by atoms with Gasteiger partial charge >= 0.3 is 0 Å². The van der Waals surface area contributed by atoms with E-state index in [9.17, 15) is 12.8 Å². The van der Waals surface area contributed by atoms with Gasteiger partial charge in [-0.05, 0) is 57.0 Å². The summed E-state index contributed by atoms with van der Waals surface area (Å²) in [5.41, 5.74) is 0.524. The van der Waals surface area contributed by atoms with Crippen molar-refractivity contribution >= 4 is 15.7 Å². The molecule has 2 rings (SSSR count). The highest BCUT2D eigenvalue weighted by Crippen LogP contribution is 2.20. The Morgan fingerprint density at radius 1 is 1.29 bits per heavy atom. The minimum Gasteiger partial charge on any atom is -0.314 e. The lowest BCUT2D eigenvalue weighted by atomic mass is 10.0. The number of nitrogens with one attached hydrogen (secondary N) is 1. The molecule has 1 N–H and O–H groups in total. The van der Waals surface area contributed by atoms with Crippen molar-refractivity contribution in [3.63, 3.8) is 0 Å². The predicted molar refractivity (Wildman–Crippen MR) is 83.5 cm³/mol. The Morgan fingerprint density at radius 2 is 2.00 bits per heavy atom. The van der Waals surface area contributed by atoms with Gasteiger partial charge in [0.05, 0.1) is 11.4 Å². The maximum atomic E-state index is 13.0. The van der Waals surface area contributed by atoms with Crippen molar-refractivity contribution < 1.29 is 12.8 Å². The zero-order valence-electron chi connectivity index (χ0n) is 12.4. The van der Waals surface area contributed by atoms with E-state index in [0.29, 0.717) is 24.7 Å². The number of rotatable bonds is 6. The van der Waals surface area contributed by atoms with Gasteiger partial charge in [0.15, 0.2) is 0 Å². The van der Waals surface area contributed by atoms with Crippen molar-refractivity contribution in [2.45, 2.75) is 38.6 Å². The molecule has 0 spiro atoms. The molecule has 1 unspecified atom stereocenters. The Bertz CT molecular complexity index is 539. The topological polar surface area (TPSA) is 49.4 Å². The molecule has 21 heavy (non-hydrogen) atoms. The van der Waals surface area contributed by atoms with Gasteiger partial charge in [0, 0.05) is 12.6 Å². The zero-order chi connectivity index (χ0) is 15.3. The molecule has 0 aromatic heterocycles.